The van der Waals surface area contributed by atoms with Crippen LogP contribution in [-0.4, -0.2) is 30.5 Å². The third-order valence-corrected chi connectivity index (χ3v) is 4.46. The number of carbonyl (C=O) groups is 1. The summed E-state index contributed by atoms with van der Waals surface area (Å²) in [5.74, 6) is -0.0915. The number of carbonyl (C=O) groups excluding carboxylic acids is 1. The lowest BCUT2D eigenvalue weighted by molar-refractivity contribution is 0.101. The van der Waals surface area contributed by atoms with E-state index in [9.17, 15) is 13.2 Å². The van der Waals surface area contributed by atoms with Gasteiger partial charge < -0.3 is 0 Å². The molecule has 0 aliphatic rings. The fourth-order valence-electron chi connectivity index (χ4n) is 1.83. The summed E-state index contributed by atoms with van der Waals surface area (Å²) in [5.41, 5.74) is 0.493. The Balaban J connectivity index is 1.90. The first-order valence-corrected chi connectivity index (χ1v) is 8.05. The van der Waals surface area contributed by atoms with Crippen molar-refractivity contribution in [1.29, 1.82) is 0 Å². The van der Waals surface area contributed by atoms with Crippen LogP contribution in [0.5, 0.6) is 0 Å². The SMILES string of the molecule is CC(=O)c1ccc(S(=O)(=O)NCCCn2cccn2)cc1. The van der Waals surface area contributed by atoms with Crippen molar-refractivity contribution in [2.75, 3.05) is 6.54 Å². The van der Waals surface area contributed by atoms with Gasteiger partial charge in [0, 0.05) is 31.0 Å². The van der Waals surface area contributed by atoms with E-state index in [1.807, 2.05) is 12.3 Å². The van der Waals surface area contributed by atoms with E-state index >= 15 is 0 Å². The molecule has 1 aromatic carbocycles. The Kier molecular flexibility index (Phi) is 4.87. The summed E-state index contributed by atoms with van der Waals surface area (Å²) < 4.78 is 28.4. The number of Topliss-reactive ketones (excluding diaryl/α,β-unsaturated/α-hetero) is 1. The van der Waals surface area contributed by atoms with Crippen molar-refractivity contribution in [2.24, 2.45) is 0 Å². The smallest absolute Gasteiger partial charge is 0.240 e. The molecule has 112 valence electrons. The van der Waals surface area contributed by atoms with Crippen molar-refractivity contribution < 1.29 is 13.2 Å². The van der Waals surface area contributed by atoms with E-state index in [2.05, 4.69) is 9.82 Å². The Morgan fingerprint density at radius 3 is 2.57 bits per heavy atom. The Morgan fingerprint density at radius 2 is 2.00 bits per heavy atom. The number of hydrogen-bond acceptors (Lipinski definition) is 4. The van der Waals surface area contributed by atoms with Gasteiger partial charge in [-0.25, -0.2) is 13.1 Å². The van der Waals surface area contributed by atoms with Gasteiger partial charge in [0.05, 0.1) is 4.90 Å². The average molecular weight is 307 g/mol. The number of benzene rings is 1. The molecule has 1 heterocycles. The molecule has 0 amide bonds. The molecule has 0 fully saturated rings. The minimum atomic E-state index is -3.53. The molecule has 0 saturated heterocycles. The van der Waals surface area contributed by atoms with Crippen LogP contribution in [0, 0.1) is 0 Å². The van der Waals surface area contributed by atoms with E-state index in [0.717, 1.165) is 0 Å². The number of aryl methyl sites for hydroxylation is 1. The third-order valence-electron chi connectivity index (χ3n) is 2.99. The topological polar surface area (TPSA) is 81.1 Å². The van der Waals surface area contributed by atoms with Crippen molar-refractivity contribution in [3.05, 3.63) is 48.3 Å². The van der Waals surface area contributed by atoms with Crippen LogP contribution < -0.4 is 4.72 Å². The normalized spacial score (nSPS) is 11.5. The van der Waals surface area contributed by atoms with Gasteiger partial charge in [-0.15, -0.1) is 0 Å². The van der Waals surface area contributed by atoms with Crippen LogP contribution in [-0.2, 0) is 16.6 Å². The highest BCUT2D eigenvalue weighted by Crippen LogP contribution is 2.10. The van der Waals surface area contributed by atoms with Crippen molar-refractivity contribution in [3.63, 3.8) is 0 Å². The van der Waals surface area contributed by atoms with Crippen LogP contribution in [0.3, 0.4) is 0 Å². The van der Waals surface area contributed by atoms with Gasteiger partial charge in [0.25, 0.3) is 0 Å². The summed E-state index contributed by atoms with van der Waals surface area (Å²) in [6.45, 7) is 2.42. The van der Waals surface area contributed by atoms with Crippen LogP contribution >= 0.6 is 0 Å². The van der Waals surface area contributed by atoms with Crippen molar-refractivity contribution in [2.45, 2.75) is 24.8 Å². The number of nitrogens with one attached hydrogen (secondary N) is 1. The zero-order valence-electron chi connectivity index (χ0n) is 11.7. The quantitative estimate of drug-likeness (QED) is 0.620. The first-order valence-electron chi connectivity index (χ1n) is 6.57. The van der Waals surface area contributed by atoms with Gasteiger partial charge in [-0.05, 0) is 31.5 Å². The zero-order chi connectivity index (χ0) is 15.3. The second-order valence-corrected chi connectivity index (χ2v) is 6.37. The van der Waals surface area contributed by atoms with Crippen LogP contribution in [0.4, 0.5) is 0 Å². The second kappa shape index (κ2) is 6.64. The van der Waals surface area contributed by atoms with Crippen molar-refractivity contribution in [1.82, 2.24) is 14.5 Å². The first kappa shape index (κ1) is 15.4. The molecule has 7 heteroatoms. The lowest BCUT2D eigenvalue weighted by atomic mass is 10.2. The predicted molar refractivity (Wildman–Crippen MR) is 78.5 cm³/mol. The van der Waals surface area contributed by atoms with Gasteiger partial charge in [-0.1, -0.05) is 12.1 Å². The maximum Gasteiger partial charge on any atom is 0.240 e. The Hall–Kier alpha value is -1.99. The summed E-state index contributed by atoms with van der Waals surface area (Å²) in [7, 11) is -3.53. The maximum absolute atomic E-state index is 12.1. The van der Waals surface area contributed by atoms with Crippen LogP contribution in [0.25, 0.3) is 0 Å². The van der Waals surface area contributed by atoms with E-state index in [0.29, 0.717) is 25.1 Å². The molecule has 0 spiro atoms. The van der Waals surface area contributed by atoms with E-state index < -0.39 is 10.0 Å². The molecule has 0 bridgehead atoms. The Labute approximate surface area is 123 Å². The van der Waals surface area contributed by atoms with Gasteiger partial charge in [-0.2, -0.15) is 5.10 Å². The number of aromatic nitrogens is 2. The lowest BCUT2D eigenvalue weighted by Gasteiger charge is -2.07. The van der Waals surface area contributed by atoms with Gasteiger partial charge in [0.1, 0.15) is 0 Å². The molecule has 1 N–H and O–H groups in total. The molecule has 2 aromatic rings. The first-order chi connectivity index (χ1) is 9.99. The van der Waals surface area contributed by atoms with Crippen LogP contribution in [0.1, 0.15) is 23.7 Å². The molecule has 6 nitrogen and oxygen atoms in total. The highest BCUT2D eigenvalue weighted by molar-refractivity contribution is 7.89. The molecule has 0 unspecified atom stereocenters. The molecule has 0 radical (unpaired) electrons. The van der Waals surface area contributed by atoms with E-state index in [-0.39, 0.29) is 10.7 Å². The average Bonchev–Trinajstić information content (AvgIpc) is 2.97. The third kappa shape index (κ3) is 4.24. The maximum atomic E-state index is 12.1. The minimum Gasteiger partial charge on any atom is -0.295 e. The molecule has 0 saturated carbocycles. The number of nitrogens with zero attached hydrogens (tertiary/aromatic N) is 2. The molecule has 0 aliphatic carbocycles. The number of sulfonamides is 1. The standard InChI is InChI=1S/C14H17N3O3S/c1-12(18)13-4-6-14(7-5-13)21(19,20)16-9-3-11-17-10-2-8-15-17/h2,4-8,10,16H,3,9,11H2,1H3. The van der Waals surface area contributed by atoms with Crippen molar-refractivity contribution in [3.8, 4) is 0 Å². The van der Waals surface area contributed by atoms with Gasteiger partial charge in [0.15, 0.2) is 5.78 Å². The summed E-state index contributed by atoms with van der Waals surface area (Å²) >= 11 is 0. The molecule has 0 atom stereocenters. The highest BCUT2D eigenvalue weighted by atomic mass is 32.2. The molecular formula is C14H17N3O3S. The Bertz CT molecular complexity index is 692. The van der Waals surface area contributed by atoms with E-state index in [4.69, 9.17) is 0 Å². The van der Waals surface area contributed by atoms with Gasteiger partial charge in [-0.3, -0.25) is 9.48 Å². The van der Waals surface area contributed by atoms with Gasteiger partial charge >= 0.3 is 0 Å². The number of rotatable bonds is 7. The largest absolute Gasteiger partial charge is 0.295 e. The molecular weight excluding hydrogens is 290 g/mol. The minimum absolute atomic E-state index is 0.0915. The lowest BCUT2D eigenvalue weighted by Crippen LogP contribution is -2.25. The molecule has 21 heavy (non-hydrogen) atoms. The zero-order valence-corrected chi connectivity index (χ0v) is 12.5. The number of hydrogen-bond donors (Lipinski definition) is 1. The fourth-order valence-corrected chi connectivity index (χ4v) is 2.91. The summed E-state index contributed by atoms with van der Waals surface area (Å²) in [6.07, 6.45) is 4.15. The molecule has 1 aromatic heterocycles. The molecule has 0 aliphatic heterocycles. The van der Waals surface area contributed by atoms with E-state index in [1.54, 1.807) is 10.9 Å². The summed E-state index contributed by atoms with van der Waals surface area (Å²) in [5, 5.41) is 4.04. The number of ketones is 1. The summed E-state index contributed by atoms with van der Waals surface area (Å²) in [4.78, 5) is 11.3. The van der Waals surface area contributed by atoms with Crippen LogP contribution in [0.15, 0.2) is 47.6 Å². The van der Waals surface area contributed by atoms with E-state index in [1.165, 1.54) is 31.2 Å². The summed E-state index contributed by atoms with van der Waals surface area (Å²) in [6, 6.07) is 7.72. The van der Waals surface area contributed by atoms with Crippen molar-refractivity contribution >= 4 is 15.8 Å². The highest BCUT2D eigenvalue weighted by Gasteiger charge is 2.13. The van der Waals surface area contributed by atoms with Gasteiger partial charge in [0.2, 0.25) is 10.0 Å². The fraction of sp³-hybridized carbons (Fsp3) is 0.286. The monoisotopic (exact) mass is 307 g/mol. The Morgan fingerprint density at radius 1 is 1.29 bits per heavy atom. The predicted octanol–water partition coefficient (Wildman–Crippen LogP) is 1.45. The van der Waals surface area contributed by atoms with Crippen LogP contribution in [0.2, 0.25) is 0 Å². The second-order valence-electron chi connectivity index (χ2n) is 4.60. The molecule has 2 rings (SSSR count).